The van der Waals surface area contributed by atoms with E-state index in [2.05, 4.69) is 20.5 Å². The molecule has 1 aromatic carbocycles. The number of amidine groups is 1. The topological polar surface area (TPSA) is 183 Å². The molecule has 0 aliphatic heterocycles. The number of rotatable bonds is 12. The number of aliphatic hydroxyl groups excluding tert-OH is 1. The molecule has 2 amide bonds. The molecule has 0 aliphatic carbocycles. The molecule has 0 aliphatic rings. The minimum atomic E-state index is -3.72. The Balaban J connectivity index is 2.58. The van der Waals surface area contributed by atoms with Gasteiger partial charge in [-0.1, -0.05) is 42.8 Å². The number of nitrogens with zero attached hydrogens (tertiary/aromatic N) is 1. The van der Waals surface area contributed by atoms with Crippen LogP contribution in [-0.2, 0) is 26.2 Å². The summed E-state index contributed by atoms with van der Waals surface area (Å²) in [5, 5.41) is 25.9. The van der Waals surface area contributed by atoms with E-state index in [0.717, 1.165) is 5.56 Å². The molecule has 0 saturated heterocycles. The number of amides is 2. The summed E-state index contributed by atoms with van der Waals surface area (Å²) in [6, 6.07) is 4.28. The highest BCUT2D eigenvalue weighted by atomic mass is 32.2. The van der Waals surface area contributed by atoms with Gasteiger partial charge in [0.05, 0.1) is 12.4 Å². The van der Waals surface area contributed by atoms with Crippen molar-refractivity contribution >= 4 is 27.7 Å². The predicted molar refractivity (Wildman–Crippen MR) is 111 cm³/mol. The molecule has 30 heavy (non-hydrogen) atoms. The van der Waals surface area contributed by atoms with Gasteiger partial charge in [-0.2, -0.15) is 0 Å². The summed E-state index contributed by atoms with van der Waals surface area (Å²) in [7, 11) is -3.72. The average molecular weight is 444 g/mol. The number of sulfonamides is 1. The second kappa shape index (κ2) is 12.1. The first kappa shape index (κ1) is 25.3. The van der Waals surface area contributed by atoms with Crippen molar-refractivity contribution in [3.63, 3.8) is 0 Å². The lowest BCUT2D eigenvalue weighted by molar-refractivity contribution is -0.130. The van der Waals surface area contributed by atoms with Gasteiger partial charge < -0.3 is 26.7 Å². The van der Waals surface area contributed by atoms with Gasteiger partial charge in [0, 0.05) is 12.1 Å². The van der Waals surface area contributed by atoms with Gasteiger partial charge >= 0.3 is 0 Å². The van der Waals surface area contributed by atoms with E-state index in [-0.39, 0.29) is 18.1 Å². The molecule has 0 aromatic heterocycles. The van der Waals surface area contributed by atoms with Crippen LogP contribution >= 0.6 is 0 Å². The Hall–Kier alpha value is -2.70. The summed E-state index contributed by atoms with van der Waals surface area (Å²) in [6.07, 6.45) is 1.09. The minimum absolute atomic E-state index is 0.0364. The SMILES string of the molecule is CCCCS(=O)(=O)NC(CO)C(=O)N[C@@H](C)C(=O)NCc1ccc(/C(N)=N/O)cc1. The Labute approximate surface area is 175 Å². The molecule has 1 rings (SSSR count). The van der Waals surface area contributed by atoms with Crippen molar-refractivity contribution in [1.29, 1.82) is 0 Å². The van der Waals surface area contributed by atoms with Crippen LogP contribution in [0, 0.1) is 0 Å². The van der Waals surface area contributed by atoms with E-state index in [1.54, 1.807) is 24.3 Å². The number of carbonyl (C=O) groups excluding carboxylic acids is 2. The number of hydrogen-bond acceptors (Lipinski definition) is 7. The molecule has 0 heterocycles. The van der Waals surface area contributed by atoms with E-state index >= 15 is 0 Å². The van der Waals surface area contributed by atoms with Crippen LogP contribution in [0.2, 0.25) is 0 Å². The van der Waals surface area contributed by atoms with Gasteiger partial charge in [0.25, 0.3) is 0 Å². The molecule has 1 unspecified atom stereocenters. The number of unbranched alkanes of at least 4 members (excludes halogenated alkanes) is 1. The zero-order chi connectivity index (χ0) is 22.7. The van der Waals surface area contributed by atoms with Gasteiger partial charge in [-0.3, -0.25) is 9.59 Å². The first-order valence-electron chi connectivity index (χ1n) is 9.39. The normalized spacial score (nSPS) is 14.0. The highest BCUT2D eigenvalue weighted by Gasteiger charge is 2.26. The largest absolute Gasteiger partial charge is 0.409 e. The van der Waals surface area contributed by atoms with Crippen molar-refractivity contribution < 1.29 is 28.3 Å². The van der Waals surface area contributed by atoms with E-state index in [1.165, 1.54) is 6.92 Å². The van der Waals surface area contributed by atoms with Crippen LogP contribution in [0.4, 0.5) is 0 Å². The molecule has 0 fully saturated rings. The summed E-state index contributed by atoms with van der Waals surface area (Å²) in [4.78, 5) is 24.4. The first-order valence-corrected chi connectivity index (χ1v) is 11.0. The molecule has 0 spiro atoms. The molecule has 0 radical (unpaired) electrons. The second-order valence-corrected chi connectivity index (χ2v) is 8.53. The van der Waals surface area contributed by atoms with Crippen LogP contribution in [0.15, 0.2) is 29.4 Å². The zero-order valence-electron chi connectivity index (χ0n) is 17.0. The van der Waals surface area contributed by atoms with E-state index in [0.29, 0.717) is 18.4 Å². The van der Waals surface area contributed by atoms with Gasteiger partial charge in [-0.15, -0.1) is 0 Å². The molecule has 1 aromatic rings. The maximum atomic E-state index is 12.2. The Morgan fingerprint density at radius 1 is 1.20 bits per heavy atom. The fourth-order valence-corrected chi connectivity index (χ4v) is 3.76. The number of nitrogens with two attached hydrogens (primary N) is 1. The standard InChI is InChI=1S/C18H29N5O6S/c1-3-4-9-30(28,29)23-15(11-24)18(26)21-12(2)17(25)20-10-13-5-7-14(8-6-13)16(19)22-27/h5-8,12,15,23-24,27H,3-4,9-11H2,1-2H3,(H2,19,22)(H,20,25)(H,21,26)/t12-,15?/m0/s1. The minimum Gasteiger partial charge on any atom is -0.409 e. The Morgan fingerprint density at radius 2 is 1.83 bits per heavy atom. The number of benzene rings is 1. The fraction of sp³-hybridized carbons (Fsp3) is 0.500. The first-order chi connectivity index (χ1) is 14.1. The lowest BCUT2D eigenvalue weighted by atomic mass is 10.1. The number of aliphatic hydroxyl groups is 1. The van der Waals surface area contributed by atoms with Gasteiger partial charge in [0.2, 0.25) is 21.8 Å². The van der Waals surface area contributed by atoms with Crippen LogP contribution in [0.25, 0.3) is 0 Å². The van der Waals surface area contributed by atoms with Gasteiger partial charge in [-0.05, 0) is 18.9 Å². The maximum Gasteiger partial charge on any atom is 0.242 e. The number of oxime groups is 1. The molecule has 12 heteroatoms. The van der Waals surface area contributed by atoms with Crippen LogP contribution in [0.1, 0.15) is 37.8 Å². The molecule has 168 valence electrons. The molecular formula is C18H29N5O6S. The summed E-state index contributed by atoms with van der Waals surface area (Å²) in [5.74, 6) is -1.49. The van der Waals surface area contributed by atoms with Crippen molar-refractivity contribution in [3.8, 4) is 0 Å². The number of carbonyl (C=O) groups is 2. The monoisotopic (exact) mass is 443 g/mol. The predicted octanol–water partition coefficient (Wildman–Crippen LogP) is -1.02. The van der Waals surface area contributed by atoms with Crippen molar-refractivity contribution in [2.45, 2.75) is 45.3 Å². The van der Waals surface area contributed by atoms with E-state index in [1.807, 2.05) is 6.92 Å². The van der Waals surface area contributed by atoms with Gasteiger partial charge in [0.15, 0.2) is 5.84 Å². The van der Waals surface area contributed by atoms with E-state index in [4.69, 9.17) is 10.9 Å². The lowest BCUT2D eigenvalue weighted by Crippen LogP contribution is -2.54. The van der Waals surface area contributed by atoms with Crippen molar-refractivity contribution in [2.24, 2.45) is 10.9 Å². The van der Waals surface area contributed by atoms with Crippen molar-refractivity contribution in [2.75, 3.05) is 12.4 Å². The summed E-state index contributed by atoms with van der Waals surface area (Å²) >= 11 is 0. The quantitative estimate of drug-likeness (QED) is 0.103. The smallest absolute Gasteiger partial charge is 0.242 e. The Kier molecular flexibility index (Phi) is 10.2. The van der Waals surface area contributed by atoms with E-state index in [9.17, 15) is 23.1 Å². The third-order valence-corrected chi connectivity index (χ3v) is 5.63. The van der Waals surface area contributed by atoms with Crippen LogP contribution in [0.5, 0.6) is 0 Å². The van der Waals surface area contributed by atoms with Crippen LogP contribution in [-0.4, -0.2) is 60.8 Å². The molecular weight excluding hydrogens is 414 g/mol. The molecule has 2 atom stereocenters. The zero-order valence-corrected chi connectivity index (χ0v) is 17.8. The highest BCUT2D eigenvalue weighted by molar-refractivity contribution is 7.89. The molecule has 11 nitrogen and oxygen atoms in total. The lowest BCUT2D eigenvalue weighted by Gasteiger charge is -2.19. The number of hydrogen-bond donors (Lipinski definition) is 6. The third kappa shape index (κ3) is 8.35. The van der Waals surface area contributed by atoms with Gasteiger partial charge in [-0.25, -0.2) is 13.1 Å². The average Bonchev–Trinajstić information content (AvgIpc) is 2.73. The number of nitrogens with one attached hydrogen (secondary N) is 3. The fourth-order valence-electron chi connectivity index (χ4n) is 2.36. The highest BCUT2D eigenvalue weighted by Crippen LogP contribution is 2.04. The van der Waals surface area contributed by atoms with Crippen molar-refractivity contribution in [3.05, 3.63) is 35.4 Å². The van der Waals surface area contributed by atoms with Crippen LogP contribution < -0.4 is 21.1 Å². The maximum absolute atomic E-state index is 12.2. The Bertz CT molecular complexity index is 841. The summed E-state index contributed by atoms with van der Waals surface area (Å²) < 4.78 is 26.0. The van der Waals surface area contributed by atoms with Crippen molar-refractivity contribution in [1.82, 2.24) is 15.4 Å². The van der Waals surface area contributed by atoms with Gasteiger partial charge in [0.1, 0.15) is 12.1 Å². The third-order valence-electron chi connectivity index (χ3n) is 4.16. The summed E-state index contributed by atoms with van der Waals surface area (Å²) in [6.45, 7) is 2.70. The Morgan fingerprint density at radius 3 is 2.37 bits per heavy atom. The molecule has 7 N–H and O–H groups in total. The molecule has 0 bridgehead atoms. The second-order valence-electron chi connectivity index (χ2n) is 6.66. The summed E-state index contributed by atoms with van der Waals surface area (Å²) in [5.41, 5.74) is 6.74. The van der Waals surface area contributed by atoms with Crippen LogP contribution in [0.3, 0.4) is 0 Å². The molecule has 0 saturated carbocycles. The van der Waals surface area contributed by atoms with E-state index < -0.39 is 40.5 Å².